The third kappa shape index (κ3) is 3.13. The molecule has 1 aliphatic carbocycles. The third-order valence-corrected chi connectivity index (χ3v) is 5.00. The highest BCUT2D eigenvalue weighted by Gasteiger charge is 2.13. The van der Waals surface area contributed by atoms with Crippen molar-refractivity contribution in [2.75, 3.05) is 11.1 Å². The highest BCUT2D eigenvalue weighted by Crippen LogP contribution is 2.19. The van der Waals surface area contributed by atoms with Crippen LogP contribution in [0.4, 0.5) is 5.69 Å². The van der Waals surface area contributed by atoms with E-state index in [-0.39, 0.29) is 5.75 Å². The van der Waals surface area contributed by atoms with E-state index in [4.69, 9.17) is 0 Å². The maximum atomic E-state index is 11.9. The van der Waals surface area contributed by atoms with Crippen molar-refractivity contribution in [2.24, 2.45) is 0 Å². The molecule has 2 rings (SSSR count). The molecule has 0 amide bonds. The number of hydrogen-bond donors (Lipinski definition) is 1. The van der Waals surface area contributed by atoms with Crippen LogP contribution in [0, 0.1) is 0 Å². The molecule has 1 aromatic rings. The molecule has 3 nitrogen and oxygen atoms in total. The summed E-state index contributed by atoms with van der Waals surface area (Å²) in [4.78, 5) is 0.416. The standard InChI is InChI=1S/C14H19NO2S/c1-2-11-18(16,17)14-9-7-13(8-10-14)15-12-5-3-4-6-12/h3-4,7-10,12,15H,2,5-6,11H2,1H3. The quantitative estimate of drug-likeness (QED) is 0.832. The fourth-order valence-corrected chi connectivity index (χ4v) is 3.44. The van der Waals surface area contributed by atoms with Gasteiger partial charge in [-0.25, -0.2) is 8.42 Å². The fourth-order valence-electron chi connectivity index (χ4n) is 2.12. The lowest BCUT2D eigenvalue weighted by molar-refractivity contribution is 0.595. The zero-order chi connectivity index (χ0) is 13.0. The Balaban J connectivity index is 2.05. The minimum atomic E-state index is -3.09. The van der Waals surface area contributed by atoms with Gasteiger partial charge in [-0.2, -0.15) is 0 Å². The first-order chi connectivity index (χ1) is 8.62. The Morgan fingerprint density at radius 2 is 1.78 bits per heavy atom. The molecule has 1 aliphatic rings. The summed E-state index contributed by atoms with van der Waals surface area (Å²) in [5.41, 5.74) is 0.985. The van der Waals surface area contributed by atoms with Crippen molar-refractivity contribution in [1.29, 1.82) is 0 Å². The molecule has 0 aliphatic heterocycles. The van der Waals surface area contributed by atoms with E-state index in [1.54, 1.807) is 12.1 Å². The molecule has 0 fully saturated rings. The maximum Gasteiger partial charge on any atom is 0.178 e. The van der Waals surface area contributed by atoms with Crippen molar-refractivity contribution in [3.8, 4) is 0 Å². The number of rotatable bonds is 5. The molecule has 1 aromatic carbocycles. The van der Waals surface area contributed by atoms with Gasteiger partial charge in [0.05, 0.1) is 10.6 Å². The molecule has 0 unspecified atom stereocenters. The fraction of sp³-hybridized carbons (Fsp3) is 0.429. The van der Waals surface area contributed by atoms with Gasteiger partial charge in [0.15, 0.2) is 9.84 Å². The van der Waals surface area contributed by atoms with Gasteiger partial charge in [0.1, 0.15) is 0 Å². The van der Waals surface area contributed by atoms with Crippen LogP contribution >= 0.6 is 0 Å². The minimum absolute atomic E-state index is 0.215. The summed E-state index contributed by atoms with van der Waals surface area (Å²) in [5, 5.41) is 3.39. The summed E-state index contributed by atoms with van der Waals surface area (Å²) >= 11 is 0. The molecule has 0 saturated carbocycles. The SMILES string of the molecule is CCCS(=O)(=O)c1ccc(NC2CC=CC2)cc1. The molecular formula is C14H19NO2S. The van der Waals surface area contributed by atoms with Gasteiger partial charge < -0.3 is 5.32 Å². The molecule has 1 N–H and O–H groups in total. The highest BCUT2D eigenvalue weighted by atomic mass is 32.2. The Morgan fingerprint density at radius 1 is 1.17 bits per heavy atom. The largest absolute Gasteiger partial charge is 0.382 e. The molecular weight excluding hydrogens is 246 g/mol. The van der Waals surface area contributed by atoms with E-state index in [1.165, 1.54) is 0 Å². The summed E-state index contributed by atoms with van der Waals surface area (Å²) in [7, 11) is -3.09. The average molecular weight is 265 g/mol. The van der Waals surface area contributed by atoms with Gasteiger partial charge >= 0.3 is 0 Å². The number of sulfone groups is 1. The van der Waals surface area contributed by atoms with Gasteiger partial charge in [-0.3, -0.25) is 0 Å². The van der Waals surface area contributed by atoms with Crippen molar-refractivity contribution >= 4 is 15.5 Å². The Hall–Kier alpha value is -1.29. The van der Waals surface area contributed by atoms with Gasteiger partial charge in [0.25, 0.3) is 0 Å². The summed E-state index contributed by atoms with van der Waals surface area (Å²) < 4.78 is 23.7. The van der Waals surface area contributed by atoms with Gasteiger partial charge in [-0.05, 0) is 43.5 Å². The number of nitrogens with one attached hydrogen (secondary N) is 1. The summed E-state index contributed by atoms with van der Waals surface area (Å²) in [6, 6.07) is 7.52. The molecule has 0 atom stereocenters. The van der Waals surface area contributed by atoms with E-state index in [1.807, 2.05) is 19.1 Å². The first-order valence-corrected chi connectivity index (χ1v) is 8.01. The van der Waals surface area contributed by atoms with Crippen LogP contribution in [-0.2, 0) is 9.84 Å². The second kappa shape index (κ2) is 5.57. The Labute approximate surface area is 109 Å². The van der Waals surface area contributed by atoms with Crippen LogP contribution < -0.4 is 5.32 Å². The molecule has 0 saturated heterocycles. The molecule has 0 bridgehead atoms. The number of hydrogen-bond acceptors (Lipinski definition) is 3. The molecule has 0 heterocycles. The Morgan fingerprint density at radius 3 is 2.33 bits per heavy atom. The normalized spacial score (nSPS) is 16.1. The minimum Gasteiger partial charge on any atom is -0.382 e. The lowest BCUT2D eigenvalue weighted by Gasteiger charge is -2.13. The van der Waals surface area contributed by atoms with Crippen molar-refractivity contribution in [1.82, 2.24) is 0 Å². The van der Waals surface area contributed by atoms with Crippen LogP contribution in [0.3, 0.4) is 0 Å². The average Bonchev–Trinajstić information content (AvgIpc) is 2.82. The van der Waals surface area contributed by atoms with Gasteiger partial charge in [-0.1, -0.05) is 19.1 Å². The van der Waals surface area contributed by atoms with E-state index in [0.717, 1.165) is 18.5 Å². The summed E-state index contributed by atoms with van der Waals surface area (Å²) in [5.74, 6) is 0.215. The monoisotopic (exact) mass is 265 g/mol. The van der Waals surface area contributed by atoms with E-state index in [2.05, 4.69) is 17.5 Å². The van der Waals surface area contributed by atoms with Crippen LogP contribution in [0.5, 0.6) is 0 Å². The van der Waals surface area contributed by atoms with Crippen LogP contribution in [0.25, 0.3) is 0 Å². The van der Waals surface area contributed by atoms with Crippen LogP contribution in [-0.4, -0.2) is 20.2 Å². The maximum absolute atomic E-state index is 11.9. The highest BCUT2D eigenvalue weighted by molar-refractivity contribution is 7.91. The van der Waals surface area contributed by atoms with Crippen molar-refractivity contribution < 1.29 is 8.42 Å². The predicted octanol–water partition coefficient (Wildman–Crippen LogP) is 3.00. The van der Waals surface area contributed by atoms with Crippen LogP contribution in [0.2, 0.25) is 0 Å². The van der Waals surface area contributed by atoms with Crippen LogP contribution in [0.15, 0.2) is 41.3 Å². The van der Waals surface area contributed by atoms with Gasteiger partial charge in [-0.15, -0.1) is 0 Å². The van der Waals surface area contributed by atoms with Crippen molar-refractivity contribution in [3.05, 3.63) is 36.4 Å². The molecule has 18 heavy (non-hydrogen) atoms. The molecule has 0 aromatic heterocycles. The number of benzene rings is 1. The van der Waals surface area contributed by atoms with Crippen molar-refractivity contribution in [3.63, 3.8) is 0 Å². The lowest BCUT2D eigenvalue weighted by Crippen LogP contribution is -2.15. The molecule has 98 valence electrons. The van der Waals surface area contributed by atoms with Crippen molar-refractivity contribution in [2.45, 2.75) is 37.1 Å². The van der Waals surface area contributed by atoms with E-state index in [9.17, 15) is 8.42 Å². The first kappa shape index (κ1) is 13.1. The van der Waals surface area contributed by atoms with Gasteiger partial charge in [0, 0.05) is 11.7 Å². The zero-order valence-electron chi connectivity index (χ0n) is 10.6. The van der Waals surface area contributed by atoms with Gasteiger partial charge in [0.2, 0.25) is 0 Å². The Bertz CT molecular complexity index is 509. The molecule has 0 radical (unpaired) electrons. The van der Waals surface area contributed by atoms with Crippen LogP contribution in [0.1, 0.15) is 26.2 Å². The smallest absolute Gasteiger partial charge is 0.178 e. The second-order valence-electron chi connectivity index (χ2n) is 4.63. The van der Waals surface area contributed by atoms with E-state index < -0.39 is 9.84 Å². The van der Waals surface area contributed by atoms with E-state index >= 15 is 0 Å². The molecule has 0 spiro atoms. The number of anilines is 1. The predicted molar refractivity (Wildman–Crippen MR) is 74.6 cm³/mol. The zero-order valence-corrected chi connectivity index (χ0v) is 11.4. The second-order valence-corrected chi connectivity index (χ2v) is 6.74. The topological polar surface area (TPSA) is 46.2 Å². The summed E-state index contributed by atoms with van der Waals surface area (Å²) in [6.45, 7) is 1.88. The third-order valence-electron chi connectivity index (χ3n) is 3.06. The first-order valence-electron chi connectivity index (χ1n) is 6.36. The lowest BCUT2D eigenvalue weighted by atomic mass is 10.2. The summed E-state index contributed by atoms with van der Waals surface area (Å²) in [6.07, 6.45) is 7.05. The Kier molecular flexibility index (Phi) is 4.07. The molecule has 4 heteroatoms. The van der Waals surface area contributed by atoms with E-state index in [0.29, 0.717) is 17.4 Å².